The van der Waals surface area contributed by atoms with Gasteiger partial charge in [0.15, 0.2) is 5.82 Å². The van der Waals surface area contributed by atoms with E-state index in [9.17, 15) is 0 Å². The van der Waals surface area contributed by atoms with Crippen LogP contribution in [0.2, 0.25) is 0 Å². The van der Waals surface area contributed by atoms with Gasteiger partial charge in [-0.3, -0.25) is 4.98 Å². The summed E-state index contributed by atoms with van der Waals surface area (Å²) in [5, 5.41) is 5.99. The molecule has 1 aliphatic heterocycles. The van der Waals surface area contributed by atoms with Crippen molar-refractivity contribution in [1.29, 1.82) is 0 Å². The van der Waals surface area contributed by atoms with Gasteiger partial charge in [0.05, 0.1) is 30.1 Å². The fourth-order valence-corrected chi connectivity index (χ4v) is 3.12. The third kappa shape index (κ3) is 2.64. The summed E-state index contributed by atoms with van der Waals surface area (Å²) in [7, 11) is 0. The van der Waals surface area contributed by atoms with Gasteiger partial charge < -0.3 is 15.4 Å². The third-order valence-electron chi connectivity index (χ3n) is 4.44. The van der Waals surface area contributed by atoms with Crippen molar-refractivity contribution in [3.05, 3.63) is 48.3 Å². The molecule has 1 fully saturated rings. The molecule has 0 spiro atoms. The molecule has 1 aromatic carbocycles. The van der Waals surface area contributed by atoms with E-state index in [0.29, 0.717) is 13.2 Å². The lowest BCUT2D eigenvalue weighted by Gasteiger charge is -2.32. The molecule has 3 heterocycles. The molecule has 124 valence electrons. The average Bonchev–Trinajstić information content (AvgIpc) is 3.02. The van der Waals surface area contributed by atoms with Crippen molar-refractivity contribution in [2.45, 2.75) is 13.0 Å². The molecule has 1 saturated heterocycles. The van der Waals surface area contributed by atoms with E-state index in [1.54, 1.807) is 0 Å². The fraction of sp³-hybridized carbons (Fsp3) is 0.333. The number of aromatic nitrogens is 3. The van der Waals surface area contributed by atoms with Gasteiger partial charge in [0.1, 0.15) is 0 Å². The molecule has 6 nitrogen and oxygen atoms in total. The lowest BCUT2D eigenvalue weighted by molar-refractivity contribution is 0.0463. The lowest BCUT2D eigenvalue weighted by Crippen LogP contribution is -2.46. The Bertz CT molecular complexity index is 842. The normalized spacial score (nSPS) is 18.2. The molecule has 0 saturated carbocycles. The van der Waals surface area contributed by atoms with Gasteiger partial charge in [-0.15, -0.1) is 5.10 Å². The number of rotatable bonds is 3. The van der Waals surface area contributed by atoms with Crippen LogP contribution in [0.5, 0.6) is 0 Å². The monoisotopic (exact) mass is 323 g/mol. The summed E-state index contributed by atoms with van der Waals surface area (Å²) in [6.07, 6.45) is 3.74. The highest BCUT2D eigenvalue weighted by molar-refractivity contribution is 5.91. The second-order valence-corrected chi connectivity index (χ2v) is 6.14. The van der Waals surface area contributed by atoms with Gasteiger partial charge in [-0.2, -0.15) is 0 Å². The maximum Gasteiger partial charge on any atom is 0.159 e. The van der Waals surface area contributed by atoms with Crippen molar-refractivity contribution in [3.63, 3.8) is 0 Å². The minimum Gasteiger partial charge on any atom is -0.373 e. The van der Waals surface area contributed by atoms with Crippen LogP contribution in [-0.4, -0.2) is 47.1 Å². The van der Waals surface area contributed by atoms with Crippen molar-refractivity contribution < 1.29 is 4.74 Å². The third-order valence-corrected chi connectivity index (χ3v) is 4.44. The molecule has 2 N–H and O–H groups in total. The van der Waals surface area contributed by atoms with E-state index < -0.39 is 0 Å². The Labute approximate surface area is 140 Å². The second kappa shape index (κ2) is 6.22. The van der Waals surface area contributed by atoms with Crippen molar-refractivity contribution in [1.82, 2.24) is 14.8 Å². The van der Waals surface area contributed by atoms with Gasteiger partial charge in [0.25, 0.3) is 0 Å². The summed E-state index contributed by atoms with van der Waals surface area (Å²) in [6.45, 7) is 4.86. The van der Waals surface area contributed by atoms with Crippen LogP contribution in [0.4, 0.5) is 5.82 Å². The van der Waals surface area contributed by atoms with Crippen LogP contribution in [0.15, 0.2) is 42.7 Å². The van der Waals surface area contributed by atoms with E-state index >= 15 is 0 Å². The molecule has 1 atom stereocenters. The first-order valence-electron chi connectivity index (χ1n) is 8.22. The molecule has 0 bridgehead atoms. The standard InChI is InChI=1S/C18H21N5O/c1-13-2-4-14(5-3-13)23-17-11-20-7-6-16(17)18(21-23)22-8-9-24-15(10-19)12-22/h2-7,11,15H,8-10,12,19H2,1H3. The van der Waals surface area contributed by atoms with Crippen LogP contribution in [-0.2, 0) is 4.74 Å². The number of benzene rings is 1. The van der Waals surface area contributed by atoms with Gasteiger partial charge >= 0.3 is 0 Å². The molecule has 24 heavy (non-hydrogen) atoms. The largest absolute Gasteiger partial charge is 0.373 e. The van der Waals surface area contributed by atoms with Crippen molar-refractivity contribution in [2.75, 3.05) is 31.1 Å². The molecule has 1 unspecified atom stereocenters. The van der Waals surface area contributed by atoms with Crippen molar-refractivity contribution in [2.24, 2.45) is 5.73 Å². The van der Waals surface area contributed by atoms with E-state index in [4.69, 9.17) is 15.6 Å². The van der Waals surface area contributed by atoms with Crippen LogP contribution in [0.25, 0.3) is 16.6 Å². The number of nitrogens with zero attached hydrogens (tertiary/aromatic N) is 4. The van der Waals surface area contributed by atoms with E-state index in [0.717, 1.165) is 35.5 Å². The number of aryl methyl sites for hydroxylation is 1. The number of ether oxygens (including phenoxy) is 1. The topological polar surface area (TPSA) is 69.2 Å². The number of fused-ring (bicyclic) bond motifs is 1. The van der Waals surface area contributed by atoms with Crippen LogP contribution in [0.1, 0.15) is 5.56 Å². The SMILES string of the molecule is Cc1ccc(-n2nc(N3CCOC(CN)C3)c3ccncc32)cc1. The Hall–Kier alpha value is -2.44. The van der Waals surface area contributed by atoms with Crippen molar-refractivity contribution >= 4 is 16.7 Å². The first-order valence-corrected chi connectivity index (χ1v) is 8.22. The predicted octanol–water partition coefficient (Wildman–Crippen LogP) is 1.89. The summed E-state index contributed by atoms with van der Waals surface area (Å²) in [5.74, 6) is 0.967. The number of hydrogen-bond donors (Lipinski definition) is 1. The van der Waals surface area contributed by atoms with Crippen LogP contribution < -0.4 is 10.6 Å². The first kappa shape index (κ1) is 15.1. The second-order valence-electron chi connectivity index (χ2n) is 6.14. The molecule has 0 amide bonds. The quantitative estimate of drug-likeness (QED) is 0.797. The summed E-state index contributed by atoms with van der Waals surface area (Å²) in [5.41, 5.74) is 9.05. The van der Waals surface area contributed by atoms with Crippen LogP contribution in [0.3, 0.4) is 0 Å². The summed E-state index contributed by atoms with van der Waals surface area (Å²) in [6, 6.07) is 10.4. The summed E-state index contributed by atoms with van der Waals surface area (Å²) in [4.78, 5) is 6.54. The van der Waals surface area contributed by atoms with Gasteiger partial charge in [0, 0.05) is 31.2 Å². The Morgan fingerprint density at radius 1 is 1.25 bits per heavy atom. The molecule has 0 radical (unpaired) electrons. The van der Waals surface area contributed by atoms with Crippen LogP contribution in [0, 0.1) is 6.92 Å². The van der Waals surface area contributed by atoms with Gasteiger partial charge in [0.2, 0.25) is 0 Å². The highest BCUT2D eigenvalue weighted by Crippen LogP contribution is 2.29. The molecule has 3 aromatic rings. The molecule has 4 rings (SSSR count). The highest BCUT2D eigenvalue weighted by Gasteiger charge is 2.24. The number of nitrogens with two attached hydrogens (primary N) is 1. The molecular weight excluding hydrogens is 302 g/mol. The molecule has 0 aliphatic carbocycles. The first-order chi connectivity index (χ1) is 11.8. The Kier molecular flexibility index (Phi) is 3.92. The van der Waals surface area contributed by atoms with E-state index in [1.165, 1.54) is 5.56 Å². The minimum absolute atomic E-state index is 0.0557. The zero-order valence-electron chi connectivity index (χ0n) is 13.7. The molecule has 6 heteroatoms. The van der Waals surface area contributed by atoms with Gasteiger partial charge in [-0.25, -0.2) is 4.68 Å². The van der Waals surface area contributed by atoms with Crippen LogP contribution >= 0.6 is 0 Å². The Balaban J connectivity index is 1.80. The highest BCUT2D eigenvalue weighted by atomic mass is 16.5. The van der Waals surface area contributed by atoms with Crippen molar-refractivity contribution in [3.8, 4) is 5.69 Å². The minimum atomic E-state index is 0.0557. The maximum atomic E-state index is 5.78. The Morgan fingerprint density at radius 3 is 2.88 bits per heavy atom. The summed E-state index contributed by atoms with van der Waals surface area (Å²) >= 11 is 0. The molecule has 2 aromatic heterocycles. The van der Waals surface area contributed by atoms with E-state index in [1.807, 2.05) is 23.1 Å². The Morgan fingerprint density at radius 2 is 2.08 bits per heavy atom. The fourth-order valence-electron chi connectivity index (χ4n) is 3.12. The van der Waals surface area contributed by atoms with Gasteiger partial charge in [-0.05, 0) is 25.1 Å². The lowest BCUT2D eigenvalue weighted by atomic mass is 10.2. The zero-order valence-corrected chi connectivity index (χ0v) is 13.7. The predicted molar refractivity (Wildman–Crippen MR) is 94.6 cm³/mol. The number of anilines is 1. The van der Waals surface area contributed by atoms with E-state index in [2.05, 4.69) is 41.1 Å². The maximum absolute atomic E-state index is 5.78. The number of morpholine rings is 1. The number of pyridine rings is 1. The smallest absolute Gasteiger partial charge is 0.159 e. The molecular formula is C18H21N5O. The average molecular weight is 323 g/mol. The molecule has 1 aliphatic rings. The number of hydrogen-bond acceptors (Lipinski definition) is 5. The van der Waals surface area contributed by atoms with E-state index in [-0.39, 0.29) is 6.10 Å². The van der Waals surface area contributed by atoms with Gasteiger partial charge in [-0.1, -0.05) is 17.7 Å². The zero-order chi connectivity index (χ0) is 16.5. The summed E-state index contributed by atoms with van der Waals surface area (Å²) < 4.78 is 7.64.